The van der Waals surface area contributed by atoms with E-state index in [9.17, 15) is 0 Å². The fraction of sp³-hybridized carbons (Fsp3) is 0.600. The minimum atomic E-state index is 0.705. The predicted octanol–water partition coefficient (Wildman–Crippen LogP) is 3.74. The molecule has 1 atom stereocenters. The number of rotatable bonds is 7. The van der Waals surface area contributed by atoms with Gasteiger partial charge in [0, 0.05) is 0 Å². The normalized spacial score (nSPS) is 12.7. The molecule has 0 saturated carbocycles. The van der Waals surface area contributed by atoms with Crippen LogP contribution in [0.5, 0.6) is 0 Å². The lowest BCUT2D eigenvalue weighted by Crippen LogP contribution is -2.08. The molecule has 1 aromatic rings. The van der Waals surface area contributed by atoms with Crippen LogP contribution in [-0.2, 0) is 6.42 Å². The van der Waals surface area contributed by atoms with E-state index in [4.69, 9.17) is 0 Å². The fourth-order valence-electron chi connectivity index (χ4n) is 2.08. The van der Waals surface area contributed by atoms with Crippen LogP contribution in [0.4, 0.5) is 0 Å². The molecule has 16 heavy (non-hydrogen) atoms. The minimum Gasteiger partial charge on any atom is -0.320 e. The Bertz CT molecular complexity index is 276. The summed E-state index contributed by atoms with van der Waals surface area (Å²) in [7, 11) is 2.01. The van der Waals surface area contributed by atoms with E-state index in [1.807, 2.05) is 7.05 Å². The molecule has 1 unspecified atom stereocenters. The Balaban J connectivity index is 2.47. The van der Waals surface area contributed by atoms with Crippen molar-refractivity contribution in [2.24, 2.45) is 0 Å². The molecule has 0 fully saturated rings. The van der Waals surface area contributed by atoms with E-state index < -0.39 is 0 Å². The minimum absolute atomic E-state index is 0.705. The van der Waals surface area contributed by atoms with Gasteiger partial charge in [-0.2, -0.15) is 0 Å². The van der Waals surface area contributed by atoms with Gasteiger partial charge in [0.2, 0.25) is 0 Å². The van der Waals surface area contributed by atoms with Crippen molar-refractivity contribution in [1.29, 1.82) is 0 Å². The number of nitrogens with one attached hydrogen (secondary N) is 1. The van der Waals surface area contributed by atoms with Crippen LogP contribution in [-0.4, -0.2) is 13.6 Å². The van der Waals surface area contributed by atoms with Gasteiger partial charge in [0.25, 0.3) is 0 Å². The summed E-state index contributed by atoms with van der Waals surface area (Å²) in [5, 5.41) is 3.18. The summed E-state index contributed by atoms with van der Waals surface area (Å²) in [6.45, 7) is 5.68. The first-order valence-electron chi connectivity index (χ1n) is 6.51. The lowest BCUT2D eigenvalue weighted by Gasteiger charge is -2.11. The molecule has 0 aliphatic rings. The van der Waals surface area contributed by atoms with Crippen LogP contribution < -0.4 is 5.32 Å². The molecule has 0 amide bonds. The second kappa shape index (κ2) is 7.45. The van der Waals surface area contributed by atoms with Crippen molar-refractivity contribution in [3.8, 4) is 0 Å². The SMILES string of the molecule is CCCC(C)c1ccc(CCCNC)cc1. The van der Waals surface area contributed by atoms with Gasteiger partial charge in [-0.1, -0.05) is 44.5 Å². The van der Waals surface area contributed by atoms with E-state index in [-0.39, 0.29) is 0 Å². The number of hydrogen-bond donors (Lipinski definition) is 1. The maximum Gasteiger partial charge on any atom is -0.00488 e. The smallest absolute Gasteiger partial charge is 0.00488 e. The van der Waals surface area contributed by atoms with E-state index >= 15 is 0 Å². The summed E-state index contributed by atoms with van der Waals surface area (Å²) in [5.41, 5.74) is 2.95. The van der Waals surface area contributed by atoms with Crippen LogP contribution in [0.15, 0.2) is 24.3 Å². The van der Waals surface area contributed by atoms with Crippen molar-refractivity contribution in [2.75, 3.05) is 13.6 Å². The van der Waals surface area contributed by atoms with Crippen LogP contribution in [0.1, 0.15) is 50.2 Å². The van der Waals surface area contributed by atoms with E-state index in [1.165, 1.54) is 36.8 Å². The zero-order valence-corrected chi connectivity index (χ0v) is 10.9. The maximum absolute atomic E-state index is 3.18. The molecule has 0 aliphatic carbocycles. The fourth-order valence-corrected chi connectivity index (χ4v) is 2.08. The molecule has 0 radical (unpaired) electrons. The van der Waals surface area contributed by atoms with E-state index in [0.29, 0.717) is 5.92 Å². The number of benzene rings is 1. The number of hydrogen-bond acceptors (Lipinski definition) is 1. The van der Waals surface area contributed by atoms with Crippen LogP contribution in [0.25, 0.3) is 0 Å². The summed E-state index contributed by atoms with van der Waals surface area (Å²) < 4.78 is 0. The summed E-state index contributed by atoms with van der Waals surface area (Å²) in [6, 6.07) is 9.18. The third kappa shape index (κ3) is 4.36. The summed E-state index contributed by atoms with van der Waals surface area (Å²) >= 11 is 0. The molecule has 1 N–H and O–H groups in total. The van der Waals surface area contributed by atoms with Gasteiger partial charge < -0.3 is 5.32 Å². The first-order valence-corrected chi connectivity index (χ1v) is 6.51. The van der Waals surface area contributed by atoms with Gasteiger partial charge in [-0.3, -0.25) is 0 Å². The molecule has 1 rings (SSSR count). The molecule has 0 aliphatic heterocycles. The average molecular weight is 219 g/mol. The highest BCUT2D eigenvalue weighted by Gasteiger charge is 2.03. The second-order valence-electron chi connectivity index (χ2n) is 4.64. The van der Waals surface area contributed by atoms with Crippen molar-refractivity contribution < 1.29 is 0 Å². The summed E-state index contributed by atoms with van der Waals surface area (Å²) in [5.74, 6) is 0.705. The van der Waals surface area contributed by atoms with Gasteiger partial charge in [0.05, 0.1) is 0 Å². The standard InChI is InChI=1S/C15H25N/c1-4-6-13(2)15-10-8-14(9-11-15)7-5-12-16-3/h8-11,13,16H,4-7,12H2,1-3H3. The van der Waals surface area contributed by atoms with E-state index in [0.717, 1.165) is 6.54 Å². The molecular formula is C15H25N. The average Bonchev–Trinajstić information content (AvgIpc) is 2.30. The largest absolute Gasteiger partial charge is 0.320 e. The summed E-state index contributed by atoms with van der Waals surface area (Å²) in [4.78, 5) is 0. The molecule has 1 nitrogen and oxygen atoms in total. The van der Waals surface area contributed by atoms with Crippen molar-refractivity contribution in [3.05, 3.63) is 35.4 Å². The first-order chi connectivity index (χ1) is 7.77. The third-order valence-electron chi connectivity index (χ3n) is 3.16. The van der Waals surface area contributed by atoms with Gasteiger partial charge >= 0.3 is 0 Å². The Morgan fingerprint density at radius 3 is 2.44 bits per heavy atom. The Labute approximate surface area is 100 Å². The Morgan fingerprint density at radius 2 is 1.88 bits per heavy atom. The first kappa shape index (κ1) is 13.2. The predicted molar refractivity (Wildman–Crippen MR) is 72.0 cm³/mol. The molecule has 90 valence electrons. The van der Waals surface area contributed by atoms with Crippen LogP contribution in [0.2, 0.25) is 0 Å². The highest BCUT2D eigenvalue weighted by Crippen LogP contribution is 2.20. The van der Waals surface area contributed by atoms with Crippen molar-refractivity contribution in [2.45, 2.75) is 45.4 Å². The quantitative estimate of drug-likeness (QED) is 0.689. The molecule has 0 heterocycles. The highest BCUT2D eigenvalue weighted by molar-refractivity contribution is 5.25. The zero-order valence-electron chi connectivity index (χ0n) is 10.9. The van der Waals surface area contributed by atoms with Crippen molar-refractivity contribution in [3.63, 3.8) is 0 Å². The maximum atomic E-state index is 3.18. The molecule has 0 aromatic heterocycles. The van der Waals surface area contributed by atoms with Gasteiger partial charge in [0.15, 0.2) is 0 Å². The van der Waals surface area contributed by atoms with Crippen molar-refractivity contribution >= 4 is 0 Å². The van der Waals surface area contributed by atoms with Gasteiger partial charge in [-0.15, -0.1) is 0 Å². The van der Waals surface area contributed by atoms with E-state index in [1.54, 1.807) is 0 Å². The lowest BCUT2D eigenvalue weighted by atomic mass is 9.95. The number of aryl methyl sites for hydroxylation is 1. The molecule has 1 aromatic carbocycles. The monoisotopic (exact) mass is 219 g/mol. The van der Waals surface area contributed by atoms with E-state index in [2.05, 4.69) is 43.4 Å². The molecule has 0 saturated heterocycles. The van der Waals surface area contributed by atoms with Crippen molar-refractivity contribution in [1.82, 2.24) is 5.32 Å². The van der Waals surface area contributed by atoms with Gasteiger partial charge in [-0.25, -0.2) is 0 Å². The Kier molecular flexibility index (Phi) is 6.17. The van der Waals surface area contributed by atoms with Gasteiger partial charge in [-0.05, 0) is 49.9 Å². The molecule has 0 spiro atoms. The van der Waals surface area contributed by atoms with Crippen LogP contribution in [0.3, 0.4) is 0 Å². The second-order valence-corrected chi connectivity index (χ2v) is 4.64. The molecule has 0 bridgehead atoms. The van der Waals surface area contributed by atoms with Gasteiger partial charge in [0.1, 0.15) is 0 Å². The summed E-state index contributed by atoms with van der Waals surface area (Å²) in [6.07, 6.45) is 4.97. The Hall–Kier alpha value is -0.820. The third-order valence-corrected chi connectivity index (χ3v) is 3.16. The molecular weight excluding hydrogens is 194 g/mol. The lowest BCUT2D eigenvalue weighted by molar-refractivity contribution is 0.664. The van der Waals surface area contributed by atoms with Crippen LogP contribution >= 0.6 is 0 Å². The van der Waals surface area contributed by atoms with Crippen LogP contribution in [0, 0.1) is 0 Å². The highest BCUT2D eigenvalue weighted by atomic mass is 14.8. The zero-order chi connectivity index (χ0) is 11.8. The Morgan fingerprint density at radius 1 is 1.19 bits per heavy atom. The molecule has 1 heteroatoms. The topological polar surface area (TPSA) is 12.0 Å².